The van der Waals surface area contributed by atoms with Crippen LogP contribution in [0.4, 0.5) is 0 Å². The fourth-order valence-corrected chi connectivity index (χ4v) is 0.900. The summed E-state index contributed by atoms with van der Waals surface area (Å²) in [7, 11) is 0. The van der Waals surface area contributed by atoms with Crippen molar-refractivity contribution in [3.8, 4) is 0 Å². The summed E-state index contributed by atoms with van der Waals surface area (Å²) in [6, 6.07) is 0. The molecule has 0 amide bonds. The van der Waals surface area contributed by atoms with E-state index in [1.807, 2.05) is 20.8 Å². The zero-order valence-corrected chi connectivity index (χ0v) is 7.82. The lowest BCUT2D eigenvalue weighted by molar-refractivity contribution is -0.122. The monoisotopic (exact) mass is 160 g/mol. The Bertz CT molecular complexity index is 110. The largest absolute Gasteiger partial charge is 0.299 e. The van der Waals surface area contributed by atoms with E-state index < -0.39 is 0 Å². The molecule has 0 aliphatic heterocycles. The first-order valence-corrected chi connectivity index (χ1v) is 4.30. The maximum absolute atomic E-state index is 11.1. The van der Waals surface area contributed by atoms with Gasteiger partial charge in [0.05, 0.1) is 0 Å². The molecule has 0 aromatic carbocycles. The normalized spacial score (nSPS) is 16.4. The molecule has 10 heavy (non-hydrogen) atoms. The lowest BCUT2D eigenvalue weighted by Gasteiger charge is -2.07. The highest BCUT2D eigenvalue weighted by atomic mass is 32.1. The zero-order valence-electron chi connectivity index (χ0n) is 6.92. The van der Waals surface area contributed by atoms with Crippen LogP contribution in [0.15, 0.2) is 0 Å². The van der Waals surface area contributed by atoms with E-state index in [-0.39, 0.29) is 11.2 Å². The molecule has 0 aliphatic carbocycles. The maximum atomic E-state index is 11.1. The van der Waals surface area contributed by atoms with Crippen LogP contribution in [0.1, 0.15) is 33.6 Å². The molecule has 0 bridgehead atoms. The lowest BCUT2D eigenvalue weighted by atomic mass is 10.0. The molecule has 2 atom stereocenters. The minimum absolute atomic E-state index is 0.210. The molecule has 0 aliphatic rings. The van der Waals surface area contributed by atoms with Crippen LogP contribution in [0.2, 0.25) is 0 Å². The van der Waals surface area contributed by atoms with Crippen molar-refractivity contribution in [2.24, 2.45) is 5.92 Å². The summed E-state index contributed by atoms with van der Waals surface area (Å²) in [5, 5.41) is 0.210. The predicted octanol–water partition coefficient (Wildman–Crippen LogP) is 2.31. The molecule has 0 spiro atoms. The molecule has 60 valence electrons. The van der Waals surface area contributed by atoms with E-state index in [9.17, 15) is 4.79 Å². The number of ketones is 1. The average Bonchev–Trinajstić information content (AvgIpc) is 1.85. The average molecular weight is 160 g/mol. The summed E-state index contributed by atoms with van der Waals surface area (Å²) >= 11 is 4.15. The number of Topliss-reactive ketones (excluding diaryl/α,β-unsaturated/α-hetero) is 1. The fraction of sp³-hybridized carbons (Fsp3) is 0.875. The van der Waals surface area contributed by atoms with Crippen LogP contribution >= 0.6 is 12.6 Å². The summed E-state index contributed by atoms with van der Waals surface area (Å²) in [5.74, 6) is 0.555. The molecular weight excluding hydrogens is 144 g/mol. The number of carbonyl (C=O) groups is 1. The Morgan fingerprint density at radius 1 is 1.50 bits per heavy atom. The standard InChI is InChI=1S/C8H16OS/c1-4-6(2)8(9)5-7(3)10/h6-7,10H,4-5H2,1-3H3/t6-,7+/m0/s1. The Hall–Kier alpha value is 0.0200. The van der Waals surface area contributed by atoms with Crippen LogP contribution in [0.3, 0.4) is 0 Å². The van der Waals surface area contributed by atoms with Crippen LogP contribution in [0, 0.1) is 5.92 Å². The molecule has 0 fully saturated rings. The van der Waals surface area contributed by atoms with Gasteiger partial charge in [-0.15, -0.1) is 0 Å². The summed E-state index contributed by atoms with van der Waals surface area (Å²) in [6.07, 6.45) is 1.55. The quantitative estimate of drug-likeness (QED) is 0.624. The predicted molar refractivity (Wildman–Crippen MR) is 47.5 cm³/mol. The number of hydrogen-bond donors (Lipinski definition) is 1. The Morgan fingerprint density at radius 3 is 2.30 bits per heavy atom. The van der Waals surface area contributed by atoms with E-state index >= 15 is 0 Å². The SMILES string of the molecule is CC[C@H](C)C(=O)C[C@@H](C)S. The van der Waals surface area contributed by atoms with E-state index in [1.54, 1.807) is 0 Å². The molecule has 2 heteroatoms. The summed E-state index contributed by atoms with van der Waals surface area (Å²) in [5.41, 5.74) is 0. The van der Waals surface area contributed by atoms with Gasteiger partial charge >= 0.3 is 0 Å². The van der Waals surface area contributed by atoms with Crippen molar-refractivity contribution >= 4 is 18.4 Å². The summed E-state index contributed by atoms with van der Waals surface area (Å²) in [4.78, 5) is 11.1. The number of hydrogen-bond acceptors (Lipinski definition) is 2. The van der Waals surface area contributed by atoms with Crippen molar-refractivity contribution in [1.82, 2.24) is 0 Å². The van der Waals surface area contributed by atoms with E-state index in [2.05, 4.69) is 12.6 Å². The van der Waals surface area contributed by atoms with Crippen molar-refractivity contribution in [3.63, 3.8) is 0 Å². The van der Waals surface area contributed by atoms with Gasteiger partial charge in [-0.1, -0.05) is 20.8 Å². The summed E-state index contributed by atoms with van der Waals surface area (Å²) < 4.78 is 0. The third-order valence-corrected chi connectivity index (χ3v) is 1.84. The molecule has 0 aromatic heterocycles. The first-order valence-electron chi connectivity index (χ1n) is 3.78. The lowest BCUT2D eigenvalue weighted by Crippen LogP contribution is -2.13. The van der Waals surface area contributed by atoms with E-state index in [0.717, 1.165) is 6.42 Å². The third kappa shape index (κ3) is 3.94. The molecule has 0 aromatic rings. The van der Waals surface area contributed by atoms with E-state index in [1.165, 1.54) is 0 Å². The first-order chi connectivity index (χ1) is 4.57. The maximum Gasteiger partial charge on any atom is 0.136 e. The molecule has 0 N–H and O–H groups in total. The van der Waals surface area contributed by atoms with Gasteiger partial charge in [0.2, 0.25) is 0 Å². The van der Waals surface area contributed by atoms with Crippen LogP contribution in [-0.2, 0) is 4.79 Å². The molecule has 0 radical (unpaired) electrons. The Morgan fingerprint density at radius 2 is 2.00 bits per heavy atom. The Balaban J connectivity index is 3.62. The van der Waals surface area contributed by atoms with Gasteiger partial charge in [-0.2, -0.15) is 12.6 Å². The third-order valence-electron chi connectivity index (χ3n) is 1.66. The smallest absolute Gasteiger partial charge is 0.136 e. The van der Waals surface area contributed by atoms with Crippen molar-refractivity contribution in [2.75, 3.05) is 0 Å². The second-order valence-electron chi connectivity index (χ2n) is 2.83. The van der Waals surface area contributed by atoms with Crippen LogP contribution in [0.5, 0.6) is 0 Å². The molecular formula is C8H16OS. The molecule has 0 rings (SSSR count). The molecule has 0 saturated carbocycles. The minimum atomic E-state index is 0.210. The van der Waals surface area contributed by atoms with Gasteiger partial charge in [-0.3, -0.25) is 4.79 Å². The molecule has 0 unspecified atom stereocenters. The van der Waals surface area contributed by atoms with Crippen molar-refractivity contribution in [3.05, 3.63) is 0 Å². The highest BCUT2D eigenvalue weighted by Crippen LogP contribution is 2.09. The second kappa shape index (κ2) is 4.78. The topological polar surface area (TPSA) is 17.1 Å². The van der Waals surface area contributed by atoms with Crippen molar-refractivity contribution in [1.29, 1.82) is 0 Å². The first kappa shape index (κ1) is 10.0. The molecule has 0 saturated heterocycles. The second-order valence-corrected chi connectivity index (χ2v) is 3.71. The highest BCUT2D eigenvalue weighted by Gasteiger charge is 2.11. The van der Waals surface area contributed by atoms with E-state index in [0.29, 0.717) is 12.2 Å². The van der Waals surface area contributed by atoms with Gasteiger partial charge in [-0.25, -0.2) is 0 Å². The summed E-state index contributed by atoms with van der Waals surface area (Å²) in [6.45, 7) is 5.95. The highest BCUT2D eigenvalue weighted by molar-refractivity contribution is 7.80. The van der Waals surface area contributed by atoms with Crippen LogP contribution < -0.4 is 0 Å². The number of carbonyl (C=O) groups excluding carboxylic acids is 1. The van der Waals surface area contributed by atoms with Crippen molar-refractivity contribution in [2.45, 2.75) is 38.9 Å². The van der Waals surface area contributed by atoms with Crippen LogP contribution in [0.25, 0.3) is 0 Å². The Labute approximate surface area is 68.6 Å². The Kier molecular flexibility index (Phi) is 4.79. The van der Waals surface area contributed by atoms with Gasteiger partial charge in [0.15, 0.2) is 0 Å². The van der Waals surface area contributed by atoms with Crippen molar-refractivity contribution < 1.29 is 4.79 Å². The molecule has 0 heterocycles. The number of thiol groups is 1. The van der Waals surface area contributed by atoms with Gasteiger partial charge in [0.25, 0.3) is 0 Å². The number of rotatable bonds is 4. The van der Waals surface area contributed by atoms with Gasteiger partial charge in [0, 0.05) is 17.6 Å². The van der Waals surface area contributed by atoms with Crippen LogP contribution in [-0.4, -0.2) is 11.0 Å². The van der Waals surface area contributed by atoms with E-state index in [4.69, 9.17) is 0 Å². The minimum Gasteiger partial charge on any atom is -0.299 e. The van der Waals surface area contributed by atoms with Gasteiger partial charge in [-0.05, 0) is 6.42 Å². The van der Waals surface area contributed by atoms with Gasteiger partial charge < -0.3 is 0 Å². The zero-order chi connectivity index (χ0) is 8.15. The molecule has 1 nitrogen and oxygen atoms in total. The fourth-order valence-electron chi connectivity index (χ4n) is 0.720. The van der Waals surface area contributed by atoms with Gasteiger partial charge in [0.1, 0.15) is 5.78 Å².